The molecule has 1 aliphatic heterocycles. The number of aryl methyl sites for hydroxylation is 2. The normalized spacial score (nSPS) is 17.7. The average Bonchev–Trinajstić information content (AvgIpc) is 3.14. The molecule has 1 saturated heterocycles. The van der Waals surface area contributed by atoms with Gasteiger partial charge in [-0.1, -0.05) is 0 Å². The summed E-state index contributed by atoms with van der Waals surface area (Å²) in [7, 11) is 1.66. The van der Waals surface area contributed by atoms with Crippen LogP contribution >= 0.6 is 0 Å². The Hall–Kier alpha value is -2.31. The van der Waals surface area contributed by atoms with Crippen molar-refractivity contribution in [3.63, 3.8) is 0 Å². The predicted molar refractivity (Wildman–Crippen MR) is 118 cm³/mol. The molecule has 0 bridgehead atoms. The minimum atomic E-state index is -0.0640. The number of fused-ring (bicyclic) bond motifs is 3. The predicted octanol–water partition coefficient (Wildman–Crippen LogP) is 3.56. The molecule has 30 heavy (non-hydrogen) atoms. The number of morpholine rings is 1. The van der Waals surface area contributed by atoms with Gasteiger partial charge in [-0.25, -0.2) is 0 Å². The summed E-state index contributed by atoms with van der Waals surface area (Å²) in [5.41, 5.74) is 4.04. The minimum Gasteiger partial charge on any atom is -0.496 e. The number of carbonyl (C=O) groups is 1. The lowest BCUT2D eigenvalue weighted by Gasteiger charge is -2.26. The maximum atomic E-state index is 12.4. The zero-order valence-electron chi connectivity index (χ0n) is 18.1. The van der Waals surface area contributed by atoms with Gasteiger partial charge in [-0.2, -0.15) is 0 Å². The third-order valence-electron chi connectivity index (χ3n) is 6.10. The van der Waals surface area contributed by atoms with Crippen molar-refractivity contribution in [2.45, 2.75) is 39.0 Å². The van der Waals surface area contributed by atoms with Gasteiger partial charge in [0.2, 0.25) is 5.91 Å². The van der Waals surface area contributed by atoms with Crippen LogP contribution in [0, 0.1) is 0 Å². The van der Waals surface area contributed by atoms with E-state index in [1.165, 1.54) is 18.4 Å². The van der Waals surface area contributed by atoms with E-state index in [0.29, 0.717) is 6.54 Å². The maximum Gasteiger partial charge on any atom is 0.244 e. The van der Waals surface area contributed by atoms with Crippen LogP contribution in [0.15, 0.2) is 22.6 Å². The Labute approximate surface area is 178 Å². The highest BCUT2D eigenvalue weighted by Crippen LogP contribution is 2.37. The Morgan fingerprint density at radius 2 is 2.03 bits per heavy atom. The molecule has 4 rings (SSSR count). The van der Waals surface area contributed by atoms with E-state index in [9.17, 15) is 4.79 Å². The summed E-state index contributed by atoms with van der Waals surface area (Å²) in [6, 6.07) is 4.08. The van der Waals surface area contributed by atoms with Crippen LogP contribution in [0.25, 0.3) is 16.5 Å². The highest BCUT2D eigenvalue weighted by atomic mass is 16.5. The zero-order chi connectivity index (χ0) is 20.9. The Morgan fingerprint density at radius 3 is 2.83 bits per heavy atom. The molecule has 2 aromatic rings. The van der Waals surface area contributed by atoms with Gasteiger partial charge in [0.25, 0.3) is 0 Å². The van der Waals surface area contributed by atoms with E-state index in [-0.39, 0.29) is 5.91 Å². The molecule has 0 spiro atoms. The largest absolute Gasteiger partial charge is 0.496 e. The highest BCUT2D eigenvalue weighted by molar-refractivity contribution is 5.97. The number of benzene rings is 1. The van der Waals surface area contributed by atoms with Crippen molar-refractivity contribution < 1.29 is 18.7 Å². The molecule has 0 radical (unpaired) electrons. The second-order valence-corrected chi connectivity index (χ2v) is 8.19. The summed E-state index contributed by atoms with van der Waals surface area (Å²) in [6.07, 6.45) is 7.05. The van der Waals surface area contributed by atoms with Crippen LogP contribution in [0.2, 0.25) is 0 Å². The SMILES string of the molecule is COc1cc2oc3c(c2cc1/C(C)=C/C(=O)NCCCN1CCOCC1)CCCC3. The number of ether oxygens (including phenoxy) is 2. The molecule has 2 heterocycles. The third-order valence-corrected chi connectivity index (χ3v) is 6.10. The molecule has 2 aliphatic rings. The summed E-state index contributed by atoms with van der Waals surface area (Å²) >= 11 is 0. The molecule has 0 atom stereocenters. The third kappa shape index (κ3) is 4.71. The van der Waals surface area contributed by atoms with E-state index in [2.05, 4.69) is 16.3 Å². The minimum absolute atomic E-state index is 0.0640. The lowest BCUT2D eigenvalue weighted by atomic mass is 9.94. The van der Waals surface area contributed by atoms with Crippen molar-refractivity contribution in [1.82, 2.24) is 10.2 Å². The number of nitrogens with one attached hydrogen (secondary N) is 1. The molecule has 162 valence electrons. The number of hydrogen-bond donors (Lipinski definition) is 1. The smallest absolute Gasteiger partial charge is 0.244 e. The summed E-state index contributed by atoms with van der Waals surface area (Å²) < 4.78 is 17.0. The summed E-state index contributed by atoms with van der Waals surface area (Å²) in [4.78, 5) is 14.8. The molecular formula is C24H32N2O4. The maximum absolute atomic E-state index is 12.4. The van der Waals surface area contributed by atoms with Crippen molar-refractivity contribution in [2.75, 3.05) is 46.5 Å². The van der Waals surface area contributed by atoms with E-state index < -0.39 is 0 Å². The number of furan rings is 1. The van der Waals surface area contributed by atoms with Crippen LogP contribution in [0.3, 0.4) is 0 Å². The van der Waals surface area contributed by atoms with Gasteiger partial charge in [0.15, 0.2) is 0 Å². The molecule has 1 amide bonds. The fourth-order valence-electron chi connectivity index (χ4n) is 4.43. The zero-order valence-corrected chi connectivity index (χ0v) is 18.1. The molecule has 1 aromatic carbocycles. The number of carbonyl (C=O) groups excluding carboxylic acids is 1. The highest BCUT2D eigenvalue weighted by Gasteiger charge is 2.20. The van der Waals surface area contributed by atoms with Crippen LogP contribution in [0.4, 0.5) is 0 Å². The molecule has 0 saturated carbocycles. The second kappa shape index (κ2) is 9.67. The summed E-state index contributed by atoms with van der Waals surface area (Å²) in [5.74, 6) is 1.78. The first kappa shape index (κ1) is 20.9. The molecule has 1 aromatic heterocycles. The van der Waals surface area contributed by atoms with Crippen molar-refractivity contribution in [1.29, 1.82) is 0 Å². The van der Waals surface area contributed by atoms with Gasteiger partial charge in [0, 0.05) is 54.7 Å². The van der Waals surface area contributed by atoms with Crippen molar-refractivity contribution in [3.8, 4) is 5.75 Å². The van der Waals surface area contributed by atoms with E-state index in [4.69, 9.17) is 13.9 Å². The Kier molecular flexibility index (Phi) is 6.75. The van der Waals surface area contributed by atoms with Crippen molar-refractivity contribution in [3.05, 3.63) is 35.1 Å². The van der Waals surface area contributed by atoms with Crippen LogP contribution in [-0.4, -0.2) is 57.3 Å². The van der Waals surface area contributed by atoms with Crippen LogP contribution in [-0.2, 0) is 22.4 Å². The van der Waals surface area contributed by atoms with E-state index in [1.807, 2.05) is 13.0 Å². The van der Waals surface area contributed by atoms with Gasteiger partial charge in [0.1, 0.15) is 17.1 Å². The molecule has 6 heteroatoms. The second-order valence-electron chi connectivity index (χ2n) is 8.19. The number of rotatable bonds is 7. The van der Waals surface area contributed by atoms with Gasteiger partial charge >= 0.3 is 0 Å². The Bertz CT molecular complexity index is 925. The van der Waals surface area contributed by atoms with Gasteiger partial charge in [0.05, 0.1) is 20.3 Å². The van der Waals surface area contributed by atoms with Gasteiger partial charge in [-0.3, -0.25) is 9.69 Å². The number of methoxy groups -OCH3 is 1. The average molecular weight is 413 g/mol. The lowest BCUT2D eigenvalue weighted by Crippen LogP contribution is -2.38. The van der Waals surface area contributed by atoms with Crippen LogP contribution in [0.1, 0.15) is 43.1 Å². The first-order valence-corrected chi connectivity index (χ1v) is 11.0. The number of amides is 1. The number of hydrogen-bond acceptors (Lipinski definition) is 5. The molecule has 1 fully saturated rings. The standard InChI is InChI=1S/C24H32N2O4/c1-17(14-24(27)25-8-5-9-26-10-12-29-13-11-26)19-15-20-18-6-3-4-7-21(18)30-23(20)16-22(19)28-2/h14-16H,3-13H2,1-2H3,(H,25,27)/b17-14+. The number of allylic oxidation sites excluding steroid dienone is 1. The summed E-state index contributed by atoms with van der Waals surface area (Å²) in [5, 5.41) is 4.16. The van der Waals surface area contributed by atoms with Gasteiger partial charge in [-0.05, 0) is 50.8 Å². The quantitative estimate of drug-likeness (QED) is 0.556. The van der Waals surface area contributed by atoms with Gasteiger partial charge < -0.3 is 19.2 Å². The molecular weight excluding hydrogens is 380 g/mol. The van der Waals surface area contributed by atoms with Crippen LogP contribution < -0.4 is 10.1 Å². The monoisotopic (exact) mass is 412 g/mol. The first-order chi connectivity index (χ1) is 14.7. The van der Waals surface area contributed by atoms with E-state index in [1.54, 1.807) is 13.2 Å². The molecule has 1 N–H and O–H groups in total. The van der Waals surface area contributed by atoms with Gasteiger partial charge in [-0.15, -0.1) is 0 Å². The van der Waals surface area contributed by atoms with E-state index in [0.717, 1.165) is 85.7 Å². The fourth-order valence-corrected chi connectivity index (χ4v) is 4.43. The van der Waals surface area contributed by atoms with E-state index >= 15 is 0 Å². The lowest BCUT2D eigenvalue weighted by molar-refractivity contribution is -0.116. The Balaban J connectivity index is 1.42. The molecule has 1 aliphatic carbocycles. The van der Waals surface area contributed by atoms with Crippen molar-refractivity contribution in [2.24, 2.45) is 0 Å². The topological polar surface area (TPSA) is 63.9 Å². The molecule has 6 nitrogen and oxygen atoms in total. The fraction of sp³-hybridized carbons (Fsp3) is 0.542. The number of nitrogens with zero attached hydrogens (tertiary/aromatic N) is 1. The molecule has 0 unspecified atom stereocenters. The first-order valence-electron chi connectivity index (χ1n) is 11.0. The van der Waals surface area contributed by atoms with Crippen LogP contribution in [0.5, 0.6) is 5.75 Å². The Morgan fingerprint density at radius 1 is 1.23 bits per heavy atom. The van der Waals surface area contributed by atoms with Crippen molar-refractivity contribution >= 4 is 22.4 Å². The summed E-state index contributed by atoms with van der Waals surface area (Å²) in [6.45, 7) is 7.19.